The fourth-order valence-corrected chi connectivity index (χ4v) is 4.60. The van der Waals surface area contributed by atoms with Crippen molar-refractivity contribution in [2.24, 2.45) is 0 Å². The molecule has 3 N–H and O–H groups in total. The smallest absolute Gasteiger partial charge is 0.243 e. The van der Waals surface area contributed by atoms with Crippen LogP contribution in [0.15, 0.2) is 17.0 Å². The number of nitrogens with one attached hydrogen (secondary N) is 3. The van der Waals surface area contributed by atoms with Gasteiger partial charge in [0.05, 0.1) is 12.1 Å². The fraction of sp³-hybridized carbons (Fsp3) is 0.562. The van der Waals surface area contributed by atoms with Gasteiger partial charge >= 0.3 is 0 Å². The van der Waals surface area contributed by atoms with Crippen molar-refractivity contribution >= 4 is 21.6 Å². The van der Waals surface area contributed by atoms with Gasteiger partial charge in [0.25, 0.3) is 0 Å². The predicted molar refractivity (Wildman–Crippen MR) is 90.4 cm³/mol. The molecule has 1 atom stereocenters. The molecule has 1 fully saturated rings. The number of carbonyl (C=O) groups excluding carboxylic acids is 1. The van der Waals surface area contributed by atoms with Crippen molar-refractivity contribution in [1.82, 2.24) is 10.0 Å². The zero-order valence-electron chi connectivity index (χ0n) is 14.0. The van der Waals surface area contributed by atoms with Crippen LogP contribution in [0.4, 0.5) is 10.1 Å². The molecule has 25 heavy (non-hydrogen) atoms. The molecule has 138 valence electrons. The number of fused-ring (bicyclic) bond motifs is 1. The largest absolute Gasteiger partial charge is 0.383 e. The highest BCUT2D eigenvalue weighted by Crippen LogP contribution is 2.28. The van der Waals surface area contributed by atoms with Gasteiger partial charge in [-0.2, -0.15) is 0 Å². The Hall–Kier alpha value is -1.55. The summed E-state index contributed by atoms with van der Waals surface area (Å²) in [6.45, 7) is 1.28. The lowest BCUT2D eigenvalue weighted by molar-refractivity contribution is -0.116. The molecule has 0 aliphatic carbocycles. The quantitative estimate of drug-likeness (QED) is 0.686. The van der Waals surface area contributed by atoms with Crippen molar-refractivity contribution in [3.05, 3.63) is 23.5 Å². The van der Waals surface area contributed by atoms with E-state index >= 15 is 0 Å². The number of rotatable bonds is 6. The molecule has 9 heteroatoms. The lowest BCUT2D eigenvalue weighted by Gasteiger charge is -2.29. The summed E-state index contributed by atoms with van der Waals surface area (Å²) >= 11 is 0. The maximum absolute atomic E-state index is 14.3. The highest BCUT2D eigenvalue weighted by atomic mass is 32.2. The van der Waals surface area contributed by atoms with E-state index in [1.807, 2.05) is 0 Å². The number of ether oxygens (including phenoxy) is 1. The number of benzene rings is 1. The molecule has 0 aromatic heterocycles. The van der Waals surface area contributed by atoms with Crippen molar-refractivity contribution in [2.45, 2.75) is 36.1 Å². The number of halogens is 1. The zero-order valence-corrected chi connectivity index (χ0v) is 14.8. The van der Waals surface area contributed by atoms with Gasteiger partial charge in [-0.3, -0.25) is 4.79 Å². The second kappa shape index (κ2) is 6.99. The Morgan fingerprint density at radius 2 is 2.16 bits per heavy atom. The molecule has 3 rings (SSSR count). The van der Waals surface area contributed by atoms with Crippen LogP contribution in [0, 0.1) is 5.82 Å². The zero-order chi connectivity index (χ0) is 18.1. The molecular weight excluding hydrogens is 349 g/mol. The summed E-state index contributed by atoms with van der Waals surface area (Å²) in [5.74, 6) is -1.08. The summed E-state index contributed by atoms with van der Waals surface area (Å²) < 4.78 is 47.2. The molecule has 2 heterocycles. The average Bonchev–Trinajstić information content (AvgIpc) is 3.01. The SMILES string of the molecule is COCC1(CNS(=O)(=O)c2cc3c(cc2F)NC(=O)CC3)CCCN1. The number of aryl methyl sites for hydroxylation is 1. The van der Waals surface area contributed by atoms with E-state index in [1.165, 1.54) is 6.07 Å². The molecule has 1 amide bonds. The van der Waals surface area contributed by atoms with Gasteiger partial charge in [0.15, 0.2) is 0 Å². The standard InChI is InChI=1S/C16H22FN3O4S/c1-24-10-16(5-2-6-18-16)9-19-25(22,23)14-7-11-3-4-15(21)20-13(11)8-12(14)17/h7-8,18-19H,2-6,9-10H2,1H3,(H,20,21). The topological polar surface area (TPSA) is 96.5 Å². The summed E-state index contributed by atoms with van der Waals surface area (Å²) in [5.41, 5.74) is 0.480. The molecule has 0 bridgehead atoms. The van der Waals surface area contributed by atoms with Crippen LogP contribution >= 0.6 is 0 Å². The second-order valence-electron chi connectivity index (χ2n) is 6.56. The lowest BCUT2D eigenvalue weighted by Crippen LogP contribution is -2.52. The average molecular weight is 371 g/mol. The Bertz CT molecular complexity index is 776. The molecular formula is C16H22FN3O4S. The Morgan fingerprint density at radius 3 is 2.84 bits per heavy atom. The minimum Gasteiger partial charge on any atom is -0.383 e. The number of methoxy groups -OCH3 is 1. The first kappa shape index (κ1) is 18.2. The molecule has 7 nitrogen and oxygen atoms in total. The Kier molecular flexibility index (Phi) is 5.10. The summed E-state index contributed by atoms with van der Waals surface area (Å²) in [6, 6.07) is 2.37. The van der Waals surface area contributed by atoms with E-state index in [0.717, 1.165) is 25.5 Å². The third-order valence-corrected chi connectivity index (χ3v) is 6.11. The first-order chi connectivity index (χ1) is 11.9. The van der Waals surface area contributed by atoms with Crippen LogP contribution in [-0.4, -0.2) is 46.7 Å². The normalized spacial score (nSPS) is 23.4. The van der Waals surface area contributed by atoms with Crippen molar-refractivity contribution in [3.8, 4) is 0 Å². The van der Waals surface area contributed by atoms with Gasteiger partial charge in [0.2, 0.25) is 15.9 Å². The van der Waals surface area contributed by atoms with Gasteiger partial charge in [-0.15, -0.1) is 0 Å². The lowest BCUT2D eigenvalue weighted by atomic mass is 9.99. The first-order valence-corrected chi connectivity index (χ1v) is 9.69. The Labute approximate surface area is 146 Å². The minimum atomic E-state index is -4.02. The molecule has 1 aromatic rings. The van der Waals surface area contributed by atoms with Gasteiger partial charge in [-0.05, 0) is 43.5 Å². The first-order valence-electron chi connectivity index (χ1n) is 8.21. The van der Waals surface area contributed by atoms with E-state index in [2.05, 4.69) is 15.4 Å². The van der Waals surface area contributed by atoms with Gasteiger partial charge in [-0.1, -0.05) is 0 Å². The van der Waals surface area contributed by atoms with Crippen LogP contribution < -0.4 is 15.4 Å². The summed E-state index contributed by atoms with van der Waals surface area (Å²) in [4.78, 5) is 11.0. The van der Waals surface area contributed by atoms with E-state index in [1.54, 1.807) is 7.11 Å². The van der Waals surface area contributed by atoms with E-state index < -0.39 is 26.3 Å². The summed E-state index contributed by atoms with van der Waals surface area (Å²) in [6.07, 6.45) is 2.35. The molecule has 2 aliphatic rings. The third kappa shape index (κ3) is 3.84. The van der Waals surface area contributed by atoms with E-state index in [9.17, 15) is 17.6 Å². The monoisotopic (exact) mass is 371 g/mol. The van der Waals surface area contributed by atoms with E-state index in [-0.39, 0.29) is 18.9 Å². The molecule has 2 aliphatic heterocycles. The van der Waals surface area contributed by atoms with Crippen LogP contribution in [0.3, 0.4) is 0 Å². The number of sulfonamides is 1. The maximum Gasteiger partial charge on any atom is 0.243 e. The molecule has 0 saturated carbocycles. The maximum atomic E-state index is 14.3. The van der Waals surface area contributed by atoms with Crippen LogP contribution in [0.25, 0.3) is 0 Å². The molecule has 1 saturated heterocycles. The van der Waals surface area contributed by atoms with Crippen molar-refractivity contribution in [3.63, 3.8) is 0 Å². The van der Waals surface area contributed by atoms with Crippen LogP contribution in [0.2, 0.25) is 0 Å². The van der Waals surface area contributed by atoms with Crippen LogP contribution in [0.1, 0.15) is 24.8 Å². The Balaban J connectivity index is 1.81. The van der Waals surface area contributed by atoms with Crippen molar-refractivity contribution in [2.75, 3.05) is 32.1 Å². The molecule has 0 spiro atoms. The van der Waals surface area contributed by atoms with Crippen LogP contribution in [0.5, 0.6) is 0 Å². The van der Waals surface area contributed by atoms with Crippen molar-refractivity contribution < 1.29 is 22.3 Å². The number of amides is 1. The number of anilines is 1. The van der Waals surface area contributed by atoms with Crippen molar-refractivity contribution in [1.29, 1.82) is 0 Å². The highest BCUT2D eigenvalue weighted by Gasteiger charge is 2.35. The third-order valence-electron chi connectivity index (χ3n) is 4.70. The van der Waals surface area contributed by atoms with Gasteiger partial charge in [-0.25, -0.2) is 17.5 Å². The Morgan fingerprint density at radius 1 is 1.36 bits per heavy atom. The molecule has 0 radical (unpaired) electrons. The minimum absolute atomic E-state index is 0.121. The van der Waals surface area contributed by atoms with Crippen LogP contribution in [-0.2, 0) is 26.0 Å². The summed E-state index contributed by atoms with van der Waals surface area (Å²) in [7, 11) is -2.45. The van der Waals surface area contributed by atoms with Gasteiger partial charge in [0, 0.05) is 25.8 Å². The van der Waals surface area contributed by atoms with E-state index in [0.29, 0.717) is 24.3 Å². The number of hydrogen-bond donors (Lipinski definition) is 3. The molecule has 1 unspecified atom stereocenters. The second-order valence-corrected chi connectivity index (χ2v) is 8.29. The van der Waals surface area contributed by atoms with Gasteiger partial charge in [0.1, 0.15) is 10.7 Å². The predicted octanol–water partition coefficient (Wildman–Crippen LogP) is 0.757. The van der Waals surface area contributed by atoms with E-state index in [4.69, 9.17) is 4.74 Å². The van der Waals surface area contributed by atoms with Gasteiger partial charge < -0.3 is 15.4 Å². The molecule has 1 aromatic carbocycles. The number of carbonyl (C=O) groups is 1. The fourth-order valence-electron chi connectivity index (χ4n) is 3.37. The highest BCUT2D eigenvalue weighted by molar-refractivity contribution is 7.89. The number of hydrogen-bond acceptors (Lipinski definition) is 5. The summed E-state index contributed by atoms with van der Waals surface area (Å²) in [5, 5.41) is 5.83.